The summed E-state index contributed by atoms with van der Waals surface area (Å²) >= 11 is 1.40. The van der Waals surface area contributed by atoms with E-state index in [1.165, 1.54) is 22.1 Å². The molecule has 1 aromatic carbocycles. The van der Waals surface area contributed by atoms with Gasteiger partial charge >= 0.3 is 5.69 Å². The van der Waals surface area contributed by atoms with E-state index < -0.39 is 5.69 Å². The van der Waals surface area contributed by atoms with E-state index >= 15 is 0 Å². The molecule has 0 atom stereocenters. The zero-order valence-electron chi connectivity index (χ0n) is 15.9. The van der Waals surface area contributed by atoms with Crippen LogP contribution in [0.25, 0.3) is 16.0 Å². The van der Waals surface area contributed by atoms with Crippen LogP contribution in [0, 0.1) is 13.8 Å². The average Bonchev–Trinajstić information content (AvgIpc) is 3.16. The van der Waals surface area contributed by atoms with Gasteiger partial charge in [-0.15, -0.1) is 5.10 Å². The first kappa shape index (κ1) is 18.1. The first-order valence-corrected chi connectivity index (χ1v) is 9.43. The fourth-order valence-electron chi connectivity index (χ4n) is 3.00. The van der Waals surface area contributed by atoms with Crippen LogP contribution >= 0.6 is 11.3 Å². The lowest BCUT2D eigenvalue weighted by atomic mass is 10.1. The number of rotatable bonds is 4. The molecule has 3 heterocycles. The summed E-state index contributed by atoms with van der Waals surface area (Å²) in [4.78, 5) is 35.6. The molecule has 1 amide bonds. The van der Waals surface area contributed by atoms with Gasteiger partial charge in [-0.3, -0.25) is 4.79 Å². The predicted molar refractivity (Wildman–Crippen MR) is 109 cm³/mol. The fourth-order valence-corrected chi connectivity index (χ4v) is 3.92. The van der Waals surface area contributed by atoms with Crippen LogP contribution in [0.5, 0.6) is 0 Å². The van der Waals surface area contributed by atoms with Gasteiger partial charge in [0.15, 0.2) is 16.4 Å². The van der Waals surface area contributed by atoms with Crippen molar-refractivity contribution in [1.82, 2.24) is 24.1 Å². The number of hydrogen-bond donors (Lipinski definition) is 1. The van der Waals surface area contributed by atoms with Crippen molar-refractivity contribution in [2.24, 2.45) is 0 Å². The molecular formula is C18H19N7O2S. The van der Waals surface area contributed by atoms with E-state index in [0.29, 0.717) is 21.7 Å². The van der Waals surface area contributed by atoms with Gasteiger partial charge in [-0.05, 0) is 37.1 Å². The summed E-state index contributed by atoms with van der Waals surface area (Å²) in [7, 11) is 3.77. The number of thiazole rings is 1. The van der Waals surface area contributed by atoms with Crippen molar-refractivity contribution in [3.05, 3.63) is 46.1 Å². The maximum absolute atomic E-state index is 12.6. The van der Waals surface area contributed by atoms with Gasteiger partial charge < -0.3 is 10.2 Å². The first-order chi connectivity index (χ1) is 13.3. The Hall–Kier alpha value is -3.27. The van der Waals surface area contributed by atoms with Crippen LogP contribution in [0.1, 0.15) is 11.1 Å². The van der Waals surface area contributed by atoms with Crippen molar-refractivity contribution < 1.29 is 4.79 Å². The molecule has 0 fully saturated rings. The van der Waals surface area contributed by atoms with E-state index in [-0.39, 0.29) is 12.5 Å². The third kappa shape index (κ3) is 3.22. The number of fused-ring (bicyclic) bond motifs is 3. The Kier molecular flexibility index (Phi) is 4.34. The van der Waals surface area contributed by atoms with Gasteiger partial charge in [0.1, 0.15) is 17.6 Å². The molecule has 0 aliphatic heterocycles. The maximum atomic E-state index is 12.6. The number of nitrogens with zero attached hydrogens (tertiary/aromatic N) is 6. The Balaban J connectivity index is 1.66. The number of carbonyl (C=O) groups excluding carboxylic acids is 1. The second-order valence-electron chi connectivity index (χ2n) is 6.85. The van der Waals surface area contributed by atoms with E-state index in [2.05, 4.69) is 20.4 Å². The average molecular weight is 397 g/mol. The van der Waals surface area contributed by atoms with Crippen molar-refractivity contribution in [3.63, 3.8) is 0 Å². The Labute approximate surface area is 164 Å². The Bertz CT molecular complexity index is 1250. The van der Waals surface area contributed by atoms with E-state index in [1.807, 2.05) is 51.0 Å². The van der Waals surface area contributed by atoms with Crippen LogP contribution < -0.4 is 15.9 Å². The summed E-state index contributed by atoms with van der Waals surface area (Å²) in [6.45, 7) is 3.74. The molecule has 9 nitrogen and oxygen atoms in total. The maximum Gasteiger partial charge on any atom is 0.352 e. The highest BCUT2D eigenvalue weighted by molar-refractivity contribution is 7.22. The highest BCUT2D eigenvalue weighted by Crippen LogP contribution is 2.28. The van der Waals surface area contributed by atoms with Crippen molar-refractivity contribution >= 4 is 44.1 Å². The SMILES string of the molecule is Cc1cc(C)cc(NC(=O)Cn2nc3c4sc(N(C)C)nc4ncn3c2=O)c1. The number of hydrogen-bond acceptors (Lipinski definition) is 7. The van der Waals surface area contributed by atoms with Gasteiger partial charge in [0, 0.05) is 19.8 Å². The monoisotopic (exact) mass is 397 g/mol. The van der Waals surface area contributed by atoms with Gasteiger partial charge in [0.25, 0.3) is 0 Å². The van der Waals surface area contributed by atoms with Crippen molar-refractivity contribution in [2.45, 2.75) is 20.4 Å². The fraction of sp³-hybridized carbons (Fsp3) is 0.278. The van der Waals surface area contributed by atoms with E-state index in [1.54, 1.807) is 0 Å². The Morgan fingerprint density at radius 2 is 1.93 bits per heavy atom. The molecule has 0 radical (unpaired) electrons. The predicted octanol–water partition coefficient (Wildman–Crippen LogP) is 1.82. The number of benzene rings is 1. The van der Waals surface area contributed by atoms with Crippen molar-refractivity contribution in [1.29, 1.82) is 0 Å². The topological polar surface area (TPSA) is 97.4 Å². The van der Waals surface area contributed by atoms with Crippen molar-refractivity contribution in [2.75, 3.05) is 24.3 Å². The van der Waals surface area contributed by atoms with Crippen molar-refractivity contribution in [3.8, 4) is 0 Å². The molecule has 0 spiro atoms. The molecule has 3 aromatic heterocycles. The number of aromatic nitrogens is 5. The minimum Gasteiger partial charge on any atom is -0.354 e. The van der Waals surface area contributed by atoms with Gasteiger partial charge in [0.2, 0.25) is 5.91 Å². The first-order valence-electron chi connectivity index (χ1n) is 8.62. The van der Waals surface area contributed by atoms with E-state index in [0.717, 1.165) is 20.9 Å². The summed E-state index contributed by atoms with van der Waals surface area (Å²) in [5.41, 5.74) is 3.35. The second-order valence-corrected chi connectivity index (χ2v) is 7.82. The number of aryl methyl sites for hydroxylation is 2. The molecule has 10 heteroatoms. The minimum absolute atomic E-state index is 0.186. The van der Waals surface area contributed by atoms with Crippen LogP contribution in [0.4, 0.5) is 10.8 Å². The summed E-state index contributed by atoms with van der Waals surface area (Å²) in [5, 5.41) is 7.94. The smallest absolute Gasteiger partial charge is 0.352 e. The molecule has 4 rings (SSSR count). The van der Waals surface area contributed by atoms with Gasteiger partial charge in [-0.1, -0.05) is 17.4 Å². The molecule has 1 N–H and O–H groups in total. The standard InChI is InChI=1S/C18H19N7O2S/c1-10-5-11(2)7-12(6-10)20-13(26)8-25-18(27)24-9-19-15-14(16(24)22-25)28-17(21-15)23(3)4/h5-7,9H,8H2,1-4H3,(H,20,26). The third-order valence-corrected chi connectivity index (χ3v) is 5.36. The lowest BCUT2D eigenvalue weighted by Gasteiger charge is -2.07. The van der Waals surface area contributed by atoms with Crippen LogP contribution in [0.15, 0.2) is 29.3 Å². The highest BCUT2D eigenvalue weighted by Gasteiger charge is 2.17. The normalized spacial score (nSPS) is 11.3. The van der Waals surface area contributed by atoms with Crippen LogP contribution in [-0.2, 0) is 11.3 Å². The largest absolute Gasteiger partial charge is 0.354 e. The minimum atomic E-state index is -0.417. The van der Waals surface area contributed by atoms with Gasteiger partial charge in [-0.2, -0.15) is 4.98 Å². The Morgan fingerprint density at radius 1 is 1.21 bits per heavy atom. The molecule has 0 saturated carbocycles. The third-order valence-electron chi connectivity index (χ3n) is 4.15. The lowest BCUT2D eigenvalue weighted by Crippen LogP contribution is -2.28. The van der Waals surface area contributed by atoms with E-state index in [9.17, 15) is 9.59 Å². The summed E-state index contributed by atoms with van der Waals surface area (Å²) < 4.78 is 3.19. The second kappa shape index (κ2) is 6.71. The highest BCUT2D eigenvalue weighted by atomic mass is 32.1. The lowest BCUT2D eigenvalue weighted by molar-refractivity contribution is -0.117. The summed E-state index contributed by atoms with van der Waals surface area (Å²) in [5.74, 6) is -0.321. The zero-order valence-corrected chi connectivity index (χ0v) is 16.7. The number of carbonyl (C=O) groups is 1. The molecule has 144 valence electrons. The van der Waals surface area contributed by atoms with E-state index in [4.69, 9.17) is 0 Å². The van der Waals surface area contributed by atoms with Crippen LogP contribution in [0.2, 0.25) is 0 Å². The van der Waals surface area contributed by atoms with Gasteiger partial charge in [0.05, 0.1) is 0 Å². The van der Waals surface area contributed by atoms with Crippen LogP contribution in [0.3, 0.4) is 0 Å². The molecule has 28 heavy (non-hydrogen) atoms. The molecule has 4 aromatic rings. The summed E-state index contributed by atoms with van der Waals surface area (Å²) in [6.07, 6.45) is 1.39. The number of anilines is 2. The number of amides is 1. The molecular weight excluding hydrogens is 378 g/mol. The molecule has 0 aliphatic carbocycles. The zero-order chi connectivity index (χ0) is 20.0. The Morgan fingerprint density at radius 3 is 2.61 bits per heavy atom. The molecule has 0 unspecified atom stereocenters. The van der Waals surface area contributed by atoms with Crippen LogP contribution in [-0.4, -0.2) is 44.2 Å². The van der Waals surface area contributed by atoms with Gasteiger partial charge in [-0.25, -0.2) is 18.9 Å². The number of nitrogens with one attached hydrogen (secondary N) is 1. The molecule has 0 aliphatic rings. The quantitative estimate of drug-likeness (QED) is 0.564. The summed E-state index contributed by atoms with van der Waals surface area (Å²) in [6, 6.07) is 5.79. The molecule has 0 bridgehead atoms. The molecule has 0 saturated heterocycles.